The lowest BCUT2D eigenvalue weighted by atomic mass is 10.1. The van der Waals surface area contributed by atoms with Gasteiger partial charge < -0.3 is 0 Å². The van der Waals surface area contributed by atoms with Crippen molar-refractivity contribution in [1.29, 1.82) is 0 Å². The second-order valence-electron chi connectivity index (χ2n) is 4.99. The Morgan fingerprint density at radius 2 is 1.45 bits per heavy atom. The van der Waals surface area contributed by atoms with Crippen LogP contribution in [-0.4, -0.2) is 14.6 Å². The van der Waals surface area contributed by atoms with Gasteiger partial charge in [0.05, 0.1) is 11.9 Å². The van der Waals surface area contributed by atoms with Crippen molar-refractivity contribution >= 4 is 17.2 Å². The van der Waals surface area contributed by atoms with Crippen LogP contribution in [0, 0.1) is 0 Å². The highest BCUT2D eigenvalue weighted by molar-refractivity contribution is 6.30. The van der Waals surface area contributed by atoms with Gasteiger partial charge in [0.1, 0.15) is 5.15 Å². The molecule has 4 rings (SSSR count). The van der Waals surface area contributed by atoms with E-state index in [2.05, 4.69) is 5.10 Å². The summed E-state index contributed by atoms with van der Waals surface area (Å²) in [4.78, 5) is 4.76. The maximum atomic E-state index is 6.37. The first kappa shape index (κ1) is 13.0. The molecule has 0 amide bonds. The maximum absolute atomic E-state index is 6.37. The van der Waals surface area contributed by atoms with Gasteiger partial charge in [0, 0.05) is 17.2 Å². The molecule has 0 saturated carbocycles. The Balaban J connectivity index is 1.97. The summed E-state index contributed by atoms with van der Waals surface area (Å²) in [5.41, 5.74) is 4.69. The van der Waals surface area contributed by atoms with Crippen LogP contribution in [0.5, 0.6) is 0 Å². The second-order valence-corrected chi connectivity index (χ2v) is 5.38. The molecular formula is C18H12ClN3. The average molecular weight is 306 g/mol. The maximum Gasteiger partial charge on any atom is 0.165 e. The SMILES string of the molecule is Clc1cc(-c2ccccc2)nc2c(-c3ccccc3)cnn12. The third-order valence-electron chi connectivity index (χ3n) is 3.58. The number of halogens is 1. The largest absolute Gasteiger partial charge is 0.228 e. The van der Waals surface area contributed by atoms with E-state index in [1.54, 1.807) is 10.7 Å². The fraction of sp³-hybridized carbons (Fsp3) is 0. The van der Waals surface area contributed by atoms with E-state index in [0.29, 0.717) is 5.15 Å². The molecule has 0 saturated heterocycles. The van der Waals surface area contributed by atoms with Crippen LogP contribution >= 0.6 is 11.6 Å². The Morgan fingerprint density at radius 3 is 2.14 bits per heavy atom. The van der Waals surface area contributed by atoms with Gasteiger partial charge in [0.25, 0.3) is 0 Å². The number of aromatic nitrogens is 3. The highest BCUT2D eigenvalue weighted by Gasteiger charge is 2.12. The van der Waals surface area contributed by atoms with Crippen LogP contribution < -0.4 is 0 Å². The zero-order valence-corrected chi connectivity index (χ0v) is 12.4. The van der Waals surface area contributed by atoms with Crippen LogP contribution in [0.3, 0.4) is 0 Å². The van der Waals surface area contributed by atoms with Crippen molar-refractivity contribution in [2.45, 2.75) is 0 Å². The molecule has 2 heterocycles. The smallest absolute Gasteiger partial charge is 0.165 e. The Bertz CT molecular complexity index is 931. The Kier molecular flexibility index (Phi) is 3.13. The first-order chi connectivity index (χ1) is 10.8. The fourth-order valence-corrected chi connectivity index (χ4v) is 2.73. The van der Waals surface area contributed by atoms with Gasteiger partial charge in [-0.1, -0.05) is 72.3 Å². The quantitative estimate of drug-likeness (QED) is 0.502. The van der Waals surface area contributed by atoms with Gasteiger partial charge in [-0.15, -0.1) is 0 Å². The van der Waals surface area contributed by atoms with Crippen molar-refractivity contribution in [1.82, 2.24) is 14.6 Å². The minimum Gasteiger partial charge on any atom is -0.228 e. The molecule has 0 aliphatic carbocycles. The van der Waals surface area contributed by atoms with Gasteiger partial charge in [-0.25, -0.2) is 9.50 Å². The predicted molar refractivity (Wildman–Crippen MR) is 88.9 cm³/mol. The van der Waals surface area contributed by atoms with Crippen molar-refractivity contribution < 1.29 is 0 Å². The minimum absolute atomic E-state index is 0.547. The molecule has 0 aliphatic rings. The zero-order valence-electron chi connectivity index (χ0n) is 11.6. The van der Waals surface area contributed by atoms with Crippen LogP contribution in [0.2, 0.25) is 5.15 Å². The second kappa shape index (κ2) is 5.28. The van der Waals surface area contributed by atoms with Crippen LogP contribution in [0.25, 0.3) is 28.0 Å². The third kappa shape index (κ3) is 2.16. The Morgan fingerprint density at radius 1 is 0.818 bits per heavy atom. The molecule has 0 bridgehead atoms. The molecule has 0 fully saturated rings. The molecule has 0 spiro atoms. The topological polar surface area (TPSA) is 30.2 Å². The van der Waals surface area contributed by atoms with E-state index in [1.807, 2.05) is 66.7 Å². The summed E-state index contributed by atoms with van der Waals surface area (Å²) in [6, 6.07) is 21.9. The van der Waals surface area contributed by atoms with E-state index >= 15 is 0 Å². The Labute approximate surface area is 132 Å². The minimum atomic E-state index is 0.547. The summed E-state index contributed by atoms with van der Waals surface area (Å²) < 4.78 is 1.66. The van der Waals surface area contributed by atoms with Crippen molar-refractivity contribution in [2.75, 3.05) is 0 Å². The van der Waals surface area contributed by atoms with Gasteiger partial charge in [-0.05, 0) is 5.56 Å². The van der Waals surface area contributed by atoms with E-state index < -0.39 is 0 Å². The van der Waals surface area contributed by atoms with E-state index in [4.69, 9.17) is 16.6 Å². The van der Waals surface area contributed by atoms with Crippen LogP contribution in [0.1, 0.15) is 0 Å². The van der Waals surface area contributed by atoms with E-state index in [-0.39, 0.29) is 0 Å². The lowest BCUT2D eigenvalue weighted by molar-refractivity contribution is 0.942. The number of rotatable bonds is 2. The summed E-state index contributed by atoms with van der Waals surface area (Å²) in [6.45, 7) is 0. The summed E-state index contributed by atoms with van der Waals surface area (Å²) in [7, 11) is 0. The average Bonchev–Trinajstić information content (AvgIpc) is 3.01. The van der Waals surface area contributed by atoms with Gasteiger partial charge in [-0.2, -0.15) is 5.10 Å². The lowest BCUT2D eigenvalue weighted by Crippen LogP contribution is -1.95. The molecule has 22 heavy (non-hydrogen) atoms. The van der Waals surface area contributed by atoms with Crippen LogP contribution in [0.4, 0.5) is 0 Å². The van der Waals surface area contributed by atoms with Crippen LogP contribution in [0.15, 0.2) is 72.9 Å². The molecule has 4 aromatic rings. The molecule has 3 nitrogen and oxygen atoms in total. The summed E-state index contributed by atoms with van der Waals surface area (Å²) in [5, 5.41) is 4.90. The molecule has 106 valence electrons. The highest BCUT2D eigenvalue weighted by atomic mass is 35.5. The number of nitrogens with zero attached hydrogens (tertiary/aromatic N) is 3. The first-order valence-electron chi connectivity index (χ1n) is 6.98. The standard InChI is InChI=1S/C18H12ClN3/c19-17-11-16(14-9-5-2-6-10-14)21-18-15(12-20-22(17)18)13-7-3-1-4-8-13/h1-12H. The number of hydrogen-bond acceptors (Lipinski definition) is 2. The molecule has 0 unspecified atom stereocenters. The monoisotopic (exact) mass is 305 g/mol. The lowest BCUT2D eigenvalue weighted by Gasteiger charge is -2.05. The number of hydrogen-bond donors (Lipinski definition) is 0. The fourth-order valence-electron chi connectivity index (χ4n) is 2.50. The van der Waals surface area contributed by atoms with E-state index in [9.17, 15) is 0 Å². The molecule has 4 heteroatoms. The summed E-state index contributed by atoms with van der Waals surface area (Å²) in [6.07, 6.45) is 1.80. The van der Waals surface area contributed by atoms with E-state index in [0.717, 1.165) is 28.0 Å². The molecule has 2 aromatic carbocycles. The van der Waals surface area contributed by atoms with Gasteiger partial charge in [-0.3, -0.25) is 0 Å². The highest BCUT2D eigenvalue weighted by Crippen LogP contribution is 2.28. The summed E-state index contributed by atoms with van der Waals surface area (Å²) in [5.74, 6) is 0. The molecule has 0 atom stereocenters. The molecule has 0 N–H and O–H groups in total. The van der Waals surface area contributed by atoms with Crippen molar-refractivity contribution in [3.05, 3.63) is 78.1 Å². The Hall–Kier alpha value is -2.65. The van der Waals surface area contributed by atoms with Gasteiger partial charge >= 0.3 is 0 Å². The van der Waals surface area contributed by atoms with Crippen molar-refractivity contribution in [2.24, 2.45) is 0 Å². The zero-order chi connectivity index (χ0) is 14.9. The molecule has 0 radical (unpaired) electrons. The molecular weight excluding hydrogens is 294 g/mol. The van der Waals surface area contributed by atoms with Crippen molar-refractivity contribution in [3.63, 3.8) is 0 Å². The van der Waals surface area contributed by atoms with Crippen LogP contribution in [-0.2, 0) is 0 Å². The first-order valence-corrected chi connectivity index (χ1v) is 7.36. The molecule has 0 aliphatic heterocycles. The number of benzene rings is 2. The van der Waals surface area contributed by atoms with E-state index in [1.165, 1.54) is 0 Å². The van der Waals surface area contributed by atoms with Crippen molar-refractivity contribution in [3.8, 4) is 22.4 Å². The van der Waals surface area contributed by atoms with Gasteiger partial charge in [0.2, 0.25) is 0 Å². The number of fused-ring (bicyclic) bond motifs is 1. The molecule has 2 aromatic heterocycles. The normalized spacial score (nSPS) is 11.0. The third-order valence-corrected chi connectivity index (χ3v) is 3.85. The predicted octanol–water partition coefficient (Wildman–Crippen LogP) is 4.72. The summed E-state index contributed by atoms with van der Waals surface area (Å²) >= 11 is 6.37. The van der Waals surface area contributed by atoms with Gasteiger partial charge in [0.15, 0.2) is 5.65 Å².